The Balaban J connectivity index is 1.55. The second-order valence-electron chi connectivity index (χ2n) is 6.34. The largest absolute Gasteiger partial charge is 0.387 e. The van der Waals surface area contributed by atoms with Gasteiger partial charge in [0, 0.05) is 20.1 Å². The molecular weight excluding hydrogens is 336 g/mol. The van der Waals surface area contributed by atoms with E-state index < -0.39 is 6.10 Å². The lowest BCUT2D eigenvalue weighted by atomic mass is 10.1. The molecule has 1 atom stereocenters. The number of benzene rings is 1. The van der Waals surface area contributed by atoms with Crippen LogP contribution in [0.3, 0.4) is 0 Å². The second-order valence-corrected chi connectivity index (χ2v) is 6.34. The molecule has 1 amide bonds. The minimum Gasteiger partial charge on any atom is -0.387 e. The fraction of sp³-hybridized carbons (Fsp3) is 0.529. The van der Waals surface area contributed by atoms with Crippen molar-refractivity contribution in [2.45, 2.75) is 19.2 Å². The Hall–Kier alpha value is -2.36. The van der Waals surface area contributed by atoms with Crippen LogP contribution in [0.15, 0.2) is 30.3 Å². The molecule has 1 fully saturated rings. The van der Waals surface area contributed by atoms with E-state index in [1.54, 1.807) is 7.05 Å². The van der Waals surface area contributed by atoms with Gasteiger partial charge in [-0.05, 0) is 16.0 Å². The van der Waals surface area contributed by atoms with E-state index in [1.165, 1.54) is 9.58 Å². The summed E-state index contributed by atoms with van der Waals surface area (Å²) >= 11 is 0. The van der Waals surface area contributed by atoms with Crippen LogP contribution in [0, 0.1) is 0 Å². The van der Waals surface area contributed by atoms with Gasteiger partial charge in [0.05, 0.1) is 32.4 Å². The fourth-order valence-corrected chi connectivity index (χ4v) is 2.81. The molecule has 9 heteroatoms. The molecule has 1 aromatic carbocycles. The van der Waals surface area contributed by atoms with Crippen molar-refractivity contribution >= 4 is 5.91 Å². The number of amides is 1. The number of carbonyl (C=O) groups excluding carboxylic acids is 1. The third-order valence-corrected chi connectivity index (χ3v) is 4.42. The van der Waals surface area contributed by atoms with Crippen LogP contribution in [0.4, 0.5) is 0 Å². The Bertz CT molecular complexity index is 702. The minimum atomic E-state index is -0.730. The fourth-order valence-electron chi connectivity index (χ4n) is 2.81. The van der Waals surface area contributed by atoms with E-state index in [2.05, 4.69) is 20.4 Å². The van der Waals surface area contributed by atoms with Gasteiger partial charge in [0.15, 0.2) is 5.82 Å². The van der Waals surface area contributed by atoms with Crippen LogP contribution in [0.2, 0.25) is 0 Å². The molecule has 3 rings (SSSR count). The summed E-state index contributed by atoms with van der Waals surface area (Å²) < 4.78 is 6.85. The van der Waals surface area contributed by atoms with Crippen LogP contribution < -0.4 is 0 Å². The quantitative estimate of drug-likeness (QED) is 0.724. The van der Waals surface area contributed by atoms with E-state index in [4.69, 9.17) is 4.74 Å². The van der Waals surface area contributed by atoms with Gasteiger partial charge in [-0.2, -0.15) is 0 Å². The molecule has 1 aliphatic rings. The number of tetrazole rings is 1. The second kappa shape index (κ2) is 8.84. The Kier molecular flexibility index (Phi) is 6.26. The maximum atomic E-state index is 12.5. The maximum absolute atomic E-state index is 12.5. The van der Waals surface area contributed by atoms with Crippen molar-refractivity contribution in [2.24, 2.45) is 0 Å². The number of morpholine rings is 1. The first kappa shape index (κ1) is 18.4. The van der Waals surface area contributed by atoms with E-state index in [9.17, 15) is 9.90 Å². The Labute approximate surface area is 152 Å². The number of nitrogens with zero attached hydrogens (tertiary/aromatic N) is 6. The number of carbonyl (C=O) groups is 1. The van der Waals surface area contributed by atoms with Gasteiger partial charge in [-0.15, -0.1) is 5.10 Å². The van der Waals surface area contributed by atoms with Crippen molar-refractivity contribution in [3.63, 3.8) is 0 Å². The zero-order chi connectivity index (χ0) is 18.4. The number of aromatic nitrogens is 4. The first-order chi connectivity index (χ1) is 12.6. The summed E-state index contributed by atoms with van der Waals surface area (Å²) in [4.78, 5) is 16.2. The lowest BCUT2D eigenvalue weighted by molar-refractivity contribution is -0.132. The monoisotopic (exact) mass is 360 g/mol. The van der Waals surface area contributed by atoms with E-state index >= 15 is 0 Å². The summed E-state index contributed by atoms with van der Waals surface area (Å²) in [6.07, 6.45) is -0.730. The van der Waals surface area contributed by atoms with Gasteiger partial charge in [0.2, 0.25) is 5.91 Å². The summed E-state index contributed by atoms with van der Waals surface area (Å²) in [5.74, 6) is 0.493. The SMILES string of the molecule is CN(C[C@H](O)c1ccccc1)C(=O)Cn1nnnc1CN1CCOCC1. The highest BCUT2D eigenvalue weighted by molar-refractivity contribution is 5.75. The van der Waals surface area contributed by atoms with Crippen LogP contribution in [0.5, 0.6) is 0 Å². The van der Waals surface area contributed by atoms with Gasteiger partial charge >= 0.3 is 0 Å². The zero-order valence-electron chi connectivity index (χ0n) is 14.9. The molecule has 1 N–H and O–H groups in total. The standard InChI is InChI=1S/C17H24N6O3/c1-21(11-15(24)14-5-3-2-4-6-14)17(25)13-23-16(18-19-20-23)12-22-7-9-26-10-8-22/h2-6,15,24H,7-13H2,1H3/t15-/m0/s1. The molecule has 0 radical (unpaired) electrons. The summed E-state index contributed by atoms with van der Waals surface area (Å²) in [5, 5.41) is 21.9. The summed E-state index contributed by atoms with van der Waals surface area (Å²) in [6.45, 7) is 3.88. The molecule has 9 nitrogen and oxygen atoms in total. The third kappa shape index (κ3) is 4.84. The molecule has 0 aliphatic carbocycles. The van der Waals surface area contributed by atoms with E-state index in [1.807, 2.05) is 30.3 Å². The lowest BCUT2D eigenvalue weighted by Gasteiger charge is -2.26. The van der Waals surface area contributed by atoms with E-state index in [-0.39, 0.29) is 19.0 Å². The van der Waals surface area contributed by atoms with Gasteiger partial charge in [0.1, 0.15) is 6.54 Å². The Morgan fingerprint density at radius 3 is 2.77 bits per heavy atom. The number of rotatable bonds is 7. The van der Waals surface area contributed by atoms with E-state index in [0.717, 1.165) is 18.7 Å². The molecule has 0 spiro atoms. The summed E-state index contributed by atoms with van der Waals surface area (Å²) in [5.41, 5.74) is 0.780. The van der Waals surface area contributed by atoms with Gasteiger partial charge in [0.25, 0.3) is 0 Å². The predicted molar refractivity (Wildman–Crippen MR) is 93.0 cm³/mol. The van der Waals surface area contributed by atoms with Crippen molar-refractivity contribution < 1.29 is 14.6 Å². The van der Waals surface area contributed by atoms with Crippen molar-refractivity contribution in [3.05, 3.63) is 41.7 Å². The molecular formula is C17H24N6O3. The smallest absolute Gasteiger partial charge is 0.244 e. The van der Waals surface area contributed by atoms with Gasteiger partial charge in [-0.25, -0.2) is 4.68 Å². The molecule has 140 valence electrons. The third-order valence-electron chi connectivity index (χ3n) is 4.42. The van der Waals surface area contributed by atoms with E-state index in [0.29, 0.717) is 25.6 Å². The number of likely N-dealkylation sites (N-methyl/N-ethyl adjacent to an activating group) is 1. The van der Waals surface area contributed by atoms with Gasteiger partial charge in [-0.1, -0.05) is 30.3 Å². The normalized spacial score (nSPS) is 16.4. The molecule has 1 saturated heterocycles. The van der Waals surface area contributed by atoms with Crippen molar-refractivity contribution in [3.8, 4) is 0 Å². The Morgan fingerprint density at radius 1 is 1.31 bits per heavy atom. The number of aliphatic hydroxyl groups excluding tert-OH is 1. The molecule has 1 aromatic heterocycles. The summed E-state index contributed by atoms with van der Waals surface area (Å²) in [7, 11) is 1.67. The zero-order valence-corrected chi connectivity index (χ0v) is 14.9. The van der Waals surface area contributed by atoms with Crippen LogP contribution >= 0.6 is 0 Å². The molecule has 0 saturated carbocycles. The molecule has 1 aliphatic heterocycles. The molecule has 2 heterocycles. The average molecular weight is 360 g/mol. The predicted octanol–water partition coefficient (Wildman–Crippen LogP) is -0.303. The first-order valence-electron chi connectivity index (χ1n) is 8.65. The van der Waals surface area contributed by atoms with Crippen LogP contribution in [0.1, 0.15) is 17.5 Å². The summed E-state index contributed by atoms with van der Waals surface area (Å²) in [6, 6.07) is 9.28. The number of ether oxygens (including phenoxy) is 1. The number of hydrogen-bond donors (Lipinski definition) is 1. The van der Waals surface area contributed by atoms with Crippen LogP contribution in [0.25, 0.3) is 0 Å². The van der Waals surface area contributed by atoms with Crippen molar-refractivity contribution in [1.29, 1.82) is 0 Å². The maximum Gasteiger partial charge on any atom is 0.244 e. The number of hydrogen-bond acceptors (Lipinski definition) is 7. The highest BCUT2D eigenvalue weighted by atomic mass is 16.5. The molecule has 26 heavy (non-hydrogen) atoms. The molecule has 2 aromatic rings. The molecule has 0 unspecified atom stereocenters. The van der Waals surface area contributed by atoms with Crippen molar-refractivity contribution in [2.75, 3.05) is 39.9 Å². The average Bonchev–Trinajstić information content (AvgIpc) is 3.09. The lowest BCUT2D eigenvalue weighted by Crippen LogP contribution is -2.37. The van der Waals surface area contributed by atoms with Crippen LogP contribution in [-0.2, 0) is 22.6 Å². The van der Waals surface area contributed by atoms with Crippen molar-refractivity contribution in [1.82, 2.24) is 30.0 Å². The highest BCUT2D eigenvalue weighted by Crippen LogP contribution is 2.13. The van der Waals surface area contributed by atoms with Gasteiger partial charge < -0.3 is 14.7 Å². The first-order valence-corrected chi connectivity index (χ1v) is 8.65. The highest BCUT2D eigenvalue weighted by Gasteiger charge is 2.19. The molecule has 0 bridgehead atoms. The minimum absolute atomic E-state index is 0.0463. The topological polar surface area (TPSA) is 96.6 Å². The number of aliphatic hydroxyl groups is 1. The Morgan fingerprint density at radius 2 is 2.04 bits per heavy atom. The van der Waals surface area contributed by atoms with Gasteiger partial charge in [-0.3, -0.25) is 9.69 Å². The van der Waals surface area contributed by atoms with Crippen LogP contribution in [-0.4, -0.2) is 80.9 Å².